The molecule has 2 unspecified atom stereocenters. The van der Waals surface area contributed by atoms with Crippen molar-refractivity contribution in [3.63, 3.8) is 0 Å². The van der Waals surface area contributed by atoms with Gasteiger partial charge in [-0.05, 0) is 67.4 Å². The lowest BCUT2D eigenvalue weighted by molar-refractivity contribution is -0.129. The van der Waals surface area contributed by atoms with Crippen LogP contribution in [0.1, 0.15) is 39.1 Å². The molecule has 7 nitrogen and oxygen atoms in total. The van der Waals surface area contributed by atoms with E-state index in [0.29, 0.717) is 44.8 Å². The number of halogens is 2. The molecule has 0 saturated carbocycles. The highest BCUT2D eigenvalue weighted by Crippen LogP contribution is 2.31. The molecule has 9 heteroatoms. The zero-order chi connectivity index (χ0) is 27.2. The highest BCUT2D eigenvalue weighted by molar-refractivity contribution is 9.10. The number of methoxy groups -OCH3 is 1. The molecule has 1 aliphatic rings. The van der Waals surface area contributed by atoms with E-state index in [2.05, 4.69) is 26.6 Å². The Bertz CT molecular complexity index is 1420. The van der Waals surface area contributed by atoms with Gasteiger partial charge in [0.2, 0.25) is 11.8 Å². The molecule has 1 aliphatic carbocycles. The van der Waals surface area contributed by atoms with Gasteiger partial charge in [0.15, 0.2) is 5.78 Å². The number of carbonyl (C=O) groups is 4. The van der Waals surface area contributed by atoms with E-state index in [0.717, 1.165) is 0 Å². The van der Waals surface area contributed by atoms with Gasteiger partial charge in [-0.1, -0.05) is 51.8 Å². The van der Waals surface area contributed by atoms with Crippen molar-refractivity contribution in [2.45, 2.75) is 12.8 Å². The fraction of sp³-hybridized carbons (Fsp3) is 0.172. The van der Waals surface area contributed by atoms with Crippen molar-refractivity contribution in [3.05, 3.63) is 105 Å². The first-order chi connectivity index (χ1) is 18.3. The largest absolute Gasteiger partial charge is 0.465 e. The van der Waals surface area contributed by atoms with Crippen molar-refractivity contribution >= 4 is 62.5 Å². The number of esters is 1. The van der Waals surface area contributed by atoms with Gasteiger partial charge in [0.25, 0.3) is 0 Å². The van der Waals surface area contributed by atoms with Crippen LogP contribution in [0.5, 0.6) is 0 Å². The molecule has 0 radical (unpaired) electrons. The average molecular weight is 596 g/mol. The van der Waals surface area contributed by atoms with E-state index >= 15 is 0 Å². The number of anilines is 2. The van der Waals surface area contributed by atoms with Gasteiger partial charge in [0, 0.05) is 21.3 Å². The summed E-state index contributed by atoms with van der Waals surface area (Å²) in [5.74, 6) is -2.77. The van der Waals surface area contributed by atoms with Gasteiger partial charge in [-0.25, -0.2) is 4.79 Å². The Labute approximate surface area is 233 Å². The highest BCUT2D eigenvalue weighted by Gasteiger charge is 2.34. The summed E-state index contributed by atoms with van der Waals surface area (Å²) in [7, 11) is 1.30. The second-order valence-corrected chi connectivity index (χ2v) is 10.0. The minimum absolute atomic E-state index is 0.277. The summed E-state index contributed by atoms with van der Waals surface area (Å²) in [5.41, 5.74) is 1.78. The summed E-state index contributed by atoms with van der Waals surface area (Å²) in [5, 5.41) is 6.00. The Morgan fingerprint density at radius 1 is 0.842 bits per heavy atom. The fourth-order valence-corrected chi connectivity index (χ4v) is 4.85. The Kier molecular flexibility index (Phi) is 8.76. The topological polar surface area (TPSA) is 102 Å². The molecule has 2 amide bonds. The van der Waals surface area contributed by atoms with E-state index in [1.165, 1.54) is 7.11 Å². The Hall–Kier alpha value is -3.75. The first-order valence-electron chi connectivity index (χ1n) is 11.8. The average Bonchev–Trinajstić information content (AvgIpc) is 2.93. The van der Waals surface area contributed by atoms with Crippen LogP contribution in [0.4, 0.5) is 11.4 Å². The van der Waals surface area contributed by atoms with Gasteiger partial charge in [0.1, 0.15) is 0 Å². The van der Waals surface area contributed by atoms with Crippen molar-refractivity contribution in [2.75, 3.05) is 17.7 Å². The summed E-state index contributed by atoms with van der Waals surface area (Å²) >= 11 is 9.64. The second-order valence-electron chi connectivity index (χ2n) is 8.70. The lowest BCUT2D eigenvalue weighted by Crippen LogP contribution is -2.37. The predicted molar refractivity (Wildman–Crippen MR) is 149 cm³/mol. The van der Waals surface area contributed by atoms with Crippen molar-refractivity contribution in [3.8, 4) is 0 Å². The number of nitrogens with one attached hydrogen (secondary N) is 2. The number of amides is 2. The van der Waals surface area contributed by atoms with Crippen molar-refractivity contribution < 1.29 is 23.9 Å². The van der Waals surface area contributed by atoms with Crippen LogP contribution in [0, 0.1) is 11.8 Å². The molecule has 0 bridgehead atoms. The van der Waals surface area contributed by atoms with Crippen molar-refractivity contribution in [2.24, 2.45) is 11.8 Å². The van der Waals surface area contributed by atoms with Crippen molar-refractivity contribution in [1.82, 2.24) is 0 Å². The van der Waals surface area contributed by atoms with Crippen molar-refractivity contribution in [1.29, 1.82) is 0 Å². The zero-order valence-electron chi connectivity index (χ0n) is 20.4. The lowest BCUT2D eigenvalue weighted by atomic mass is 9.81. The molecule has 3 aromatic carbocycles. The number of carbonyl (C=O) groups excluding carboxylic acids is 4. The molecule has 4 rings (SSSR count). The number of rotatable bonds is 7. The van der Waals surface area contributed by atoms with Gasteiger partial charge in [-0.15, -0.1) is 0 Å². The maximum atomic E-state index is 13.4. The highest BCUT2D eigenvalue weighted by atomic mass is 79.9. The molecule has 0 spiro atoms. The summed E-state index contributed by atoms with van der Waals surface area (Å²) in [4.78, 5) is 51.5. The van der Waals surface area contributed by atoms with E-state index in [9.17, 15) is 19.2 Å². The first-order valence-corrected chi connectivity index (χ1v) is 13.0. The molecule has 2 atom stereocenters. The quantitative estimate of drug-likeness (QED) is 0.190. The molecule has 0 heterocycles. The Morgan fingerprint density at radius 3 is 2.11 bits per heavy atom. The summed E-state index contributed by atoms with van der Waals surface area (Å²) < 4.78 is 5.36. The smallest absolute Gasteiger partial charge is 0.337 e. The number of allylic oxidation sites excluding steroid dienone is 2. The molecule has 0 aliphatic heterocycles. The first kappa shape index (κ1) is 27.3. The standard InChI is InChI=1S/C29H24BrClN2O5/c1-38-29(37)17-10-13-19(14-11-17)32-27(35)20-6-2-3-7-21(20)28(36)33-25-15-12-18(30)16-23(25)26(34)22-8-4-5-9-24(22)31/h2-5,8-16,20-21H,6-7H2,1H3,(H,32,35)(H,33,36). The number of hydrogen-bond acceptors (Lipinski definition) is 5. The zero-order valence-corrected chi connectivity index (χ0v) is 22.7. The summed E-state index contributed by atoms with van der Waals surface area (Å²) in [6.45, 7) is 0. The van der Waals surface area contributed by atoms with Gasteiger partial charge < -0.3 is 15.4 Å². The molecule has 0 fully saturated rings. The number of ether oxygens (including phenoxy) is 1. The van der Waals surface area contributed by atoms with Crippen LogP contribution < -0.4 is 10.6 Å². The maximum Gasteiger partial charge on any atom is 0.337 e. The monoisotopic (exact) mass is 594 g/mol. The minimum atomic E-state index is -0.652. The van der Waals surface area contributed by atoms with Crippen LogP contribution in [-0.2, 0) is 14.3 Å². The van der Waals surface area contributed by atoms with Gasteiger partial charge in [-0.2, -0.15) is 0 Å². The van der Waals surface area contributed by atoms with E-state index in [1.54, 1.807) is 66.7 Å². The van der Waals surface area contributed by atoms with Gasteiger partial charge in [0.05, 0.1) is 35.2 Å². The SMILES string of the molecule is COC(=O)c1ccc(NC(=O)C2CC=CCC2C(=O)Nc2ccc(Br)cc2C(=O)c2ccccc2Cl)cc1. The van der Waals surface area contributed by atoms with Crippen LogP contribution in [0.15, 0.2) is 83.4 Å². The number of benzene rings is 3. The summed E-state index contributed by atoms with van der Waals surface area (Å²) in [6, 6.07) is 18.0. The summed E-state index contributed by atoms with van der Waals surface area (Å²) in [6.07, 6.45) is 4.50. The number of hydrogen-bond donors (Lipinski definition) is 2. The third kappa shape index (κ3) is 6.20. The molecule has 194 valence electrons. The number of ketones is 1. The van der Waals surface area contributed by atoms with E-state index in [1.807, 2.05) is 12.2 Å². The minimum Gasteiger partial charge on any atom is -0.465 e. The molecule has 38 heavy (non-hydrogen) atoms. The predicted octanol–water partition coefficient (Wildman–Crippen LogP) is 6.28. The molecule has 0 aromatic heterocycles. The van der Waals surface area contributed by atoms with Crippen LogP contribution >= 0.6 is 27.5 Å². The molecule has 3 aromatic rings. The maximum absolute atomic E-state index is 13.4. The van der Waals surface area contributed by atoms with Crippen LogP contribution in [0.25, 0.3) is 0 Å². The van der Waals surface area contributed by atoms with E-state index < -0.39 is 17.8 Å². The van der Waals surface area contributed by atoms with E-state index in [4.69, 9.17) is 16.3 Å². The van der Waals surface area contributed by atoms with Gasteiger partial charge >= 0.3 is 5.97 Å². The molecular formula is C29H24BrClN2O5. The van der Waals surface area contributed by atoms with Gasteiger partial charge in [-0.3, -0.25) is 14.4 Å². The third-order valence-corrected chi connectivity index (χ3v) is 7.10. The molecular weight excluding hydrogens is 572 g/mol. The normalized spacial score (nSPS) is 16.4. The Balaban J connectivity index is 1.52. The van der Waals surface area contributed by atoms with Crippen LogP contribution in [-0.4, -0.2) is 30.7 Å². The van der Waals surface area contributed by atoms with Crippen LogP contribution in [0.3, 0.4) is 0 Å². The van der Waals surface area contributed by atoms with Crippen LogP contribution in [0.2, 0.25) is 5.02 Å². The fourth-order valence-electron chi connectivity index (χ4n) is 4.27. The molecule has 2 N–H and O–H groups in total. The lowest BCUT2D eigenvalue weighted by Gasteiger charge is -2.27. The molecule has 0 saturated heterocycles. The van der Waals surface area contributed by atoms with E-state index in [-0.39, 0.29) is 23.2 Å². The Morgan fingerprint density at radius 2 is 1.47 bits per heavy atom. The third-order valence-electron chi connectivity index (χ3n) is 6.28. The second kappa shape index (κ2) is 12.2.